The Bertz CT molecular complexity index is 1150. The number of fused-ring (bicyclic) bond motifs is 1. The van der Waals surface area contributed by atoms with Crippen LogP contribution in [0.5, 0.6) is 5.75 Å². The fraction of sp³-hybridized carbons (Fsp3) is 0.500. The van der Waals surface area contributed by atoms with Crippen molar-refractivity contribution in [2.75, 3.05) is 24.5 Å². The third-order valence-electron chi connectivity index (χ3n) is 5.26. The van der Waals surface area contributed by atoms with Gasteiger partial charge in [-0.1, -0.05) is 23.5 Å². The van der Waals surface area contributed by atoms with Crippen LogP contribution in [0.3, 0.4) is 0 Å². The number of alkyl halides is 3. The Morgan fingerprint density at radius 1 is 1.24 bits per heavy atom. The molecular weight excluding hydrogens is 471 g/mol. The summed E-state index contributed by atoms with van der Waals surface area (Å²) in [6.45, 7) is 7.60. The number of alkyl carbamates (subject to hydrolysis) is 1. The molecule has 0 unspecified atom stereocenters. The first-order valence-electron chi connectivity index (χ1n) is 10.9. The van der Waals surface area contributed by atoms with E-state index in [1.165, 1.54) is 29.5 Å². The number of nitrogens with zero attached hydrogens (tertiary/aromatic N) is 4. The van der Waals surface area contributed by atoms with Gasteiger partial charge in [0.05, 0.1) is 11.9 Å². The number of imidazole rings is 1. The molecule has 0 aliphatic carbocycles. The second kappa shape index (κ2) is 9.32. The van der Waals surface area contributed by atoms with Crippen molar-refractivity contribution in [3.63, 3.8) is 0 Å². The molecule has 0 atom stereocenters. The molecule has 1 aromatic carbocycles. The van der Waals surface area contributed by atoms with E-state index in [-0.39, 0.29) is 5.75 Å². The van der Waals surface area contributed by atoms with Gasteiger partial charge in [0.15, 0.2) is 0 Å². The van der Waals surface area contributed by atoms with E-state index in [9.17, 15) is 18.0 Å². The highest BCUT2D eigenvalue weighted by molar-refractivity contribution is 7.20. The molecule has 1 saturated heterocycles. The monoisotopic (exact) mass is 497 g/mol. The Balaban J connectivity index is 1.39. The average molecular weight is 498 g/mol. The standard InChI is InChI=1S/C22H26F3N5O3S/c1-21(2,3)33-20(31)27-12-14-7-9-29(10-8-14)19-28-30-17(13-26-18(30)34-19)15-5-4-6-16(11-15)32-22(23,24)25/h4-6,11,13-14H,7-10,12H2,1-3H3,(H,27,31). The van der Waals surface area contributed by atoms with Crippen molar-refractivity contribution >= 4 is 27.5 Å². The summed E-state index contributed by atoms with van der Waals surface area (Å²) < 4.78 is 48.7. The van der Waals surface area contributed by atoms with Crippen LogP contribution in [0.25, 0.3) is 16.2 Å². The van der Waals surface area contributed by atoms with Crippen LogP contribution < -0.4 is 15.0 Å². The van der Waals surface area contributed by atoms with Crippen LogP contribution in [0.2, 0.25) is 0 Å². The van der Waals surface area contributed by atoms with Gasteiger partial charge < -0.3 is 19.7 Å². The van der Waals surface area contributed by atoms with Crippen LogP contribution in [0.4, 0.5) is 23.1 Å². The molecule has 3 aromatic rings. The van der Waals surface area contributed by atoms with E-state index in [0.29, 0.717) is 28.7 Å². The molecule has 3 heterocycles. The van der Waals surface area contributed by atoms with Crippen molar-refractivity contribution in [3.8, 4) is 17.0 Å². The first kappa shape index (κ1) is 24.1. The number of anilines is 1. The Labute approximate surface area is 198 Å². The highest BCUT2D eigenvalue weighted by atomic mass is 32.1. The van der Waals surface area contributed by atoms with Crippen LogP contribution >= 0.6 is 11.3 Å². The van der Waals surface area contributed by atoms with Gasteiger partial charge in [-0.3, -0.25) is 0 Å². The van der Waals surface area contributed by atoms with Crippen molar-refractivity contribution in [3.05, 3.63) is 30.5 Å². The third-order valence-corrected chi connectivity index (χ3v) is 6.24. The maximum absolute atomic E-state index is 12.6. The minimum atomic E-state index is -4.76. The van der Waals surface area contributed by atoms with Crippen molar-refractivity contribution in [1.82, 2.24) is 19.9 Å². The summed E-state index contributed by atoms with van der Waals surface area (Å²) in [5.74, 6) is 0.0530. The van der Waals surface area contributed by atoms with Gasteiger partial charge in [0.25, 0.3) is 0 Å². The normalized spacial score (nSPS) is 15.5. The van der Waals surface area contributed by atoms with Gasteiger partial charge in [0.1, 0.15) is 11.4 Å². The molecule has 12 heteroatoms. The molecule has 1 fully saturated rings. The summed E-state index contributed by atoms with van der Waals surface area (Å²) in [5, 5.41) is 8.30. The van der Waals surface area contributed by atoms with Crippen molar-refractivity contribution in [1.29, 1.82) is 0 Å². The smallest absolute Gasteiger partial charge is 0.444 e. The number of nitrogens with one attached hydrogen (secondary N) is 1. The number of ether oxygens (including phenoxy) is 2. The Morgan fingerprint density at radius 3 is 2.65 bits per heavy atom. The van der Waals surface area contributed by atoms with Crippen molar-refractivity contribution < 1.29 is 27.4 Å². The maximum atomic E-state index is 12.6. The van der Waals surface area contributed by atoms with Crippen LogP contribution in [-0.2, 0) is 4.74 Å². The fourth-order valence-electron chi connectivity index (χ4n) is 3.73. The Kier molecular flexibility index (Phi) is 6.61. The van der Waals surface area contributed by atoms with Gasteiger partial charge in [-0.15, -0.1) is 18.3 Å². The minimum absolute atomic E-state index is 0.294. The number of carbonyl (C=O) groups is 1. The maximum Gasteiger partial charge on any atom is 0.573 e. The van der Waals surface area contributed by atoms with Crippen LogP contribution in [0.15, 0.2) is 30.5 Å². The number of halogens is 3. The van der Waals surface area contributed by atoms with E-state index in [1.807, 2.05) is 20.8 Å². The molecular formula is C22H26F3N5O3S. The second-order valence-electron chi connectivity index (χ2n) is 9.11. The van der Waals surface area contributed by atoms with Crippen LogP contribution in [0, 0.1) is 5.92 Å². The summed E-state index contributed by atoms with van der Waals surface area (Å²) in [7, 11) is 0. The van der Waals surface area contributed by atoms with E-state index < -0.39 is 18.1 Å². The number of piperidine rings is 1. The molecule has 1 amide bonds. The lowest BCUT2D eigenvalue weighted by molar-refractivity contribution is -0.274. The highest BCUT2D eigenvalue weighted by Crippen LogP contribution is 2.32. The molecule has 34 heavy (non-hydrogen) atoms. The quantitative estimate of drug-likeness (QED) is 0.529. The van der Waals surface area contributed by atoms with E-state index in [0.717, 1.165) is 31.1 Å². The van der Waals surface area contributed by atoms with Gasteiger partial charge in [-0.05, 0) is 51.7 Å². The number of benzene rings is 1. The minimum Gasteiger partial charge on any atom is -0.444 e. The summed E-state index contributed by atoms with van der Waals surface area (Å²) in [6, 6.07) is 5.76. The summed E-state index contributed by atoms with van der Waals surface area (Å²) in [6.07, 6.45) is -1.80. The summed E-state index contributed by atoms with van der Waals surface area (Å²) in [4.78, 5) is 19.1. The molecule has 0 spiro atoms. The lowest BCUT2D eigenvalue weighted by Gasteiger charge is -2.31. The first-order valence-corrected chi connectivity index (χ1v) is 11.7. The van der Waals surface area contributed by atoms with Crippen molar-refractivity contribution in [2.45, 2.75) is 45.6 Å². The first-order chi connectivity index (χ1) is 16.0. The lowest BCUT2D eigenvalue weighted by atomic mass is 9.97. The molecule has 1 N–H and O–H groups in total. The van der Waals surface area contributed by atoms with Crippen LogP contribution in [0.1, 0.15) is 33.6 Å². The topological polar surface area (TPSA) is 81.0 Å². The zero-order chi connectivity index (χ0) is 24.5. The second-order valence-corrected chi connectivity index (χ2v) is 10.0. The van der Waals surface area contributed by atoms with Gasteiger partial charge in [0.2, 0.25) is 10.1 Å². The van der Waals surface area contributed by atoms with Crippen molar-refractivity contribution in [2.24, 2.45) is 5.92 Å². The van der Waals surface area contributed by atoms with Gasteiger partial charge in [-0.2, -0.15) is 0 Å². The highest BCUT2D eigenvalue weighted by Gasteiger charge is 2.31. The fourth-order valence-corrected chi connectivity index (χ4v) is 4.66. The predicted octanol–water partition coefficient (Wildman–Crippen LogP) is 5.10. The molecule has 184 valence electrons. The van der Waals surface area contributed by atoms with E-state index >= 15 is 0 Å². The number of hydrogen-bond acceptors (Lipinski definition) is 7. The lowest BCUT2D eigenvalue weighted by Crippen LogP contribution is -2.40. The Morgan fingerprint density at radius 2 is 1.97 bits per heavy atom. The summed E-state index contributed by atoms with van der Waals surface area (Å²) in [5.41, 5.74) is 0.584. The molecule has 0 saturated carbocycles. The number of aromatic nitrogens is 3. The van der Waals surface area contributed by atoms with Gasteiger partial charge in [-0.25, -0.2) is 14.3 Å². The SMILES string of the molecule is CC(C)(C)OC(=O)NCC1CCN(c2nn3c(-c4cccc(OC(F)(F)F)c4)cnc3s2)CC1. The average Bonchev–Trinajstić information content (AvgIpc) is 3.31. The molecule has 0 radical (unpaired) electrons. The third kappa shape index (κ3) is 6.10. The largest absolute Gasteiger partial charge is 0.573 e. The zero-order valence-electron chi connectivity index (χ0n) is 19.1. The van der Waals surface area contributed by atoms with E-state index in [2.05, 4.69) is 25.0 Å². The molecule has 4 rings (SSSR count). The molecule has 8 nitrogen and oxygen atoms in total. The number of rotatable bonds is 5. The van der Waals surface area contributed by atoms with E-state index in [1.54, 1.807) is 16.8 Å². The van der Waals surface area contributed by atoms with Gasteiger partial charge in [0, 0.05) is 25.2 Å². The van der Waals surface area contributed by atoms with E-state index in [4.69, 9.17) is 4.74 Å². The molecule has 1 aliphatic heterocycles. The molecule has 2 aromatic heterocycles. The molecule has 1 aliphatic rings. The van der Waals surface area contributed by atoms with Crippen LogP contribution in [-0.4, -0.2) is 52.3 Å². The Hall–Kier alpha value is -3.02. The number of carbonyl (C=O) groups excluding carboxylic acids is 1. The number of amides is 1. The van der Waals surface area contributed by atoms with Gasteiger partial charge >= 0.3 is 12.5 Å². The summed E-state index contributed by atoms with van der Waals surface area (Å²) >= 11 is 1.43. The zero-order valence-corrected chi connectivity index (χ0v) is 19.9. The number of hydrogen-bond donors (Lipinski definition) is 1. The predicted molar refractivity (Wildman–Crippen MR) is 122 cm³/mol. The molecule has 0 bridgehead atoms.